The minimum absolute atomic E-state index is 0.549. The van der Waals surface area contributed by atoms with E-state index in [0.717, 1.165) is 31.7 Å². The average molecular weight is 320 g/mol. The van der Waals surface area contributed by atoms with Gasteiger partial charge in [-0.2, -0.15) is 5.26 Å². The summed E-state index contributed by atoms with van der Waals surface area (Å²) in [5, 5.41) is 12.4. The minimum atomic E-state index is 0.549. The number of rotatable bonds is 8. The summed E-state index contributed by atoms with van der Waals surface area (Å²) in [7, 11) is 0. The van der Waals surface area contributed by atoms with E-state index in [9.17, 15) is 0 Å². The van der Waals surface area contributed by atoms with Crippen molar-refractivity contribution in [2.75, 3.05) is 6.61 Å². The van der Waals surface area contributed by atoms with Crippen LogP contribution in [0.4, 0.5) is 0 Å². The Morgan fingerprint density at radius 2 is 1.88 bits per heavy atom. The van der Waals surface area contributed by atoms with Crippen LogP contribution < -0.4 is 10.1 Å². The highest BCUT2D eigenvalue weighted by Crippen LogP contribution is 2.41. The van der Waals surface area contributed by atoms with Gasteiger partial charge in [0.2, 0.25) is 0 Å². The van der Waals surface area contributed by atoms with Gasteiger partial charge in [-0.3, -0.25) is 0 Å². The van der Waals surface area contributed by atoms with E-state index in [1.807, 2.05) is 24.3 Å². The quantitative estimate of drug-likeness (QED) is 0.734. The molecule has 1 fully saturated rings. The van der Waals surface area contributed by atoms with Crippen molar-refractivity contribution in [2.24, 2.45) is 0 Å². The Morgan fingerprint density at radius 1 is 1.12 bits per heavy atom. The standard InChI is InChI=1S/C21H24N2O/c1-2-3-12-24-19-10-8-18(9-11-19)20-13-21(20)23-15-17-6-4-16(14-22)5-7-17/h4-11,20-21,23H,2-3,12-13,15H2,1H3/t20?,21-/m0/s1. The molecule has 1 aliphatic rings. The third-order valence-corrected chi connectivity index (χ3v) is 4.52. The third-order valence-electron chi connectivity index (χ3n) is 4.52. The van der Waals surface area contributed by atoms with Gasteiger partial charge in [0.25, 0.3) is 0 Å². The number of benzene rings is 2. The van der Waals surface area contributed by atoms with Crippen molar-refractivity contribution in [1.29, 1.82) is 5.26 Å². The Bertz CT molecular complexity index is 685. The smallest absolute Gasteiger partial charge is 0.119 e. The second-order valence-corrected chi connectivity index (χ2v) is 6.41. The molecule has 2 atom stereocenters. The van der Waals surface area contributed by atoms with Gasteiger partial charge >= 0.3 is 0 Å². The SMILES string of the molecule is CCCCOc1ccc(C2C[C@@H]2NCc2ccc(C#N)cc2)cc1. The molecule has 0 spiro atoms. The molecule has 3 rings (SSSR count). The topological polar surface area (TPSA) is 45.0 Å². The van der Waals surface area contributed by atoms with Crippen molar-refractivity contribution in [2.45, 2.75) is 44.7 Å². The molecule has 3 heteroatoms. The summed E-state index contributed by atoms with van der Waals surface area (Å²) in [4.78, 5) is 0. The van der Waals surface area contributed by atoms with Gasteiger partial charge < -0.3 is 10.1 Å². The normalized spacial score (nSPS) is 18.8. The molecule has 2 aromatic rings. The van der Waals surface area contributed by atoms with Crippen LogP contribution in [0.5, 0.6) is 5.75 Å². The summed E-state index contributed by atoms with van der Waals surface area (Å²) >= 11 is 0. The van der Waals surface area contributed by atoms with E-state index in [-0.39, 0.29) is 0 Å². The molecule has 0 amide bonds. The number of hydrogen-bond acceptors (Lipinski definition) is 3. The van der Waals surface area contributed by atoms with E-state index in [4.69, 9.17) is 10.00 Å². The lowest BCUT2D eigenvalue weighted by molar-refractivity contribution is 0.309. The molecule has 0 aliphatic heterocycles. The molecule has 1 saturated carbocycles. The number of nitrogens with zero attached hydrogens (tertiary/aromatic N) is 1. The Labute approximate surface area is 144 Å². The Morgan fingerprint density at radius 3 is 2.54 bits per heavy atom. The molecular weight excluding hydrogens is 296 g/mol. The molecular formula is C21H24N2O. The van der Waals surface area contributed by atoms with Gasteiger partial charge in [-0.15, -0.1) is 0 Å². The molecule has 124 valence electrons. The first kappa shape index (κ1) is 16.5. The number of nitriles is 1. The Balaban J connectivity index is 1.45. The predicted molar refractivity (Wildman–Crippen MR) is 96.0 cm³/mol. The lowest BCUT2D eigenvalue weighted by Gasteiger charge is -2.07. The molecule has 0 saturated heterocycles. The summed E-state index contributed by atoms with van der Waals surface area (Å²) in [6.45, 7) is 3.82. The van der Waals surface area contributed by atoms with Crippen molar-refractivity contribution in [3.05, 3.63) is 65.2 Å². The van der Waals surface area contributed by atoms with E-state index >= 15 is 0 Å². The van der Waals surface area contributed by atoms with Gasteiger partial charge in [-0.25, -0.2) is 0 Å². The zero-order valence-corrected chi connectivity index (χ0v) is 14.2. The monoisotopic (exact) mass is 320 g/mol. The molecule has 1 unspecified atom stereocenters. The van der Waals surface area contributed by atoms with E-state index in [0.29, 0.717) is 17.5 Å². The number of unbranched alkanes of at least 4 members (excludes halogenated alkanes) is 1. The highest BCUT2D eigenvalue weighted by atomic mass is 16.5. The van der Waals surface area contributed by atoms with Crippen molar-refractivity contribution in [3.63, 3.8) is 0 Å². The first-order valence-electron chi connectivity index (χ1n) is 8.75. The minimum Gasteiger partial charge on any atom is -0.494 e. The molecule has 0 bridgehead atoms. The van der Waals surface area contributed by atoms with Crippen LogP contribution in [0, 0.1) is 11.3 Å². The summed E-state index contributed by atoms with van der Waals surface area (Å²) in [6.07, 6.45) is 3.45. The van der Waals surface area contributed by atoms with E-state index in [2.05, 4.69) is 42.6 Å². The molecule has 1 N–H and O–H groups in total. The van der Waals surface area contributed by atoms with Crippen molar-refractivity contribution < 1.29 is 4.74 Å². The Kier molecular flexibility index (Phi) is 5.51. The molecule has 24 heavy (non-hydrogen) atoms. The summed E-state index contributed by atoms with van der Waals surface area (Å²) in [6, 6.07) is 19.0. The maximum Gasteiger partial charge on any atom is 0.119 e. The summed E-state index contributed by atoms with van der Waals surface area (Å²) < 4.78 is 5.71. The van der Waals surface area contributed by atoms with Gasteiger partial charge in [-0.1, -0.05) is 37.6 Å². The maximum absolute atomic E-state index is 8.82. The van der Waals surface area contributed by atoms with Gasteiger partial charge in [0, 0.05) is 18.5 Å². The van der Waals surface area contributed by atoms with Gasteiger partial charge in [0.1, 0.15) is 5.75 Å². The Hall–Kier alpha value is -2.31. The molecule has 2 aromatic carbocycles. The second-order valence-electron chi connectivity index (χ2n) is 6.41. The van der Waals surface area contributed by atoms with Gasteiger partial charge in [0.15, 0.2) is 0 Å². The lowest BCUT2D eigenvalue weighted by Crippen LogP contribution is -2.17. The first-order chi connectivity index (χ1) is 11.8. The second kappa shape index (κ2) is 7.99. The van der Waals surface area contributed by atoms with Crippen LogP contribution in [0.3, 0.4) is 0 Å². The number of hydrogen-bond donors (Lipinski definition) is 1. The fourth-order valence-corrected chi connectivity index (χ4v) is 2.88. The largest absolute Gasteiger partial charge is 0.494 e. The lowest BCUT2D eigenvalue weighted by atomic mass is 10.1. The van der Waals surface area contributed by atoms with Crippen LogP contribution in [0.25, 0.3) is 0 Å². The van der Waals surface area contributed by atoms with Gasteiger partial charge in [0.05, 0.1) is 18.2 Å². The summed E-state index contributed by atoms with van der Waals surface area (Å²) in [5.41, 5.74) is 3.32. The zero-order chi connectivity index (χ0) is 16.8. The van der Waals surface area contributed by atoms with Crippen LogP contribution in [-0.2, 0) is 6.54 Å². The zero-order valence-electron chi connectivity index (χ0n) is 14.2. The van der Waals surface area contributed by atoms with E-state index in [1.54, 1.807) is 0 Å². The average Bonchev–Trinajstić information content (AvgIpc) is 3.41. The van der Waals surface area contributed by atoms with E-state index in [1.165, 1.54) is 17.5 Å². The molecule has 0 aromatic heterocycles. The van der Waals surface area contributed by atoms with E-state index < -0.39 is 0 Å². The molecule has 1 aliphatic carbocycles. The van der Waals surface area contributed by atoms with Crippen LogP contribution in [-0.4, -0.2) is 12.6 Å². The van der Waals surface area contributed by atoms with Crippen LogP contribution in [0.2, 0.25) is 0 Å². The fourth-order valence-electron chi connectivity index (χ4n) is 2.88. The van der Waals surface area contributed by atoms with Crippen LogP contribution >= 0.6 is 0 Å². The maximum atomic E-state index is 8.82. The highest BCUT2D eigenvalue weighted by molar-refractivity contribution is 5.34. The van der Waals surface area contributed by atoms with Crippen molar-refractivity contribution in [1.82, 2.24) is 5.32 Å². The fraction of sp³-hybridized carbons (Fsp3) is 0.381. The molecule has 0 radical (unpaired) electrons. The molecule has 0 heterocycles. The van der Waals surface area contributed by atoms with Crippen molar-refractivity contribution in [3.8, 4) is 11.8 Å². The summed E-state index contributed by atoms with van der Waals surface area (Å²) in [5.74, 6) is 1.57. The van der Waals surface area contributed by atoms with Crippen LogP contribution in [0.1, 0.15) is 48.8 Å². The number of nitrogens with one attached hydrogen (secondary N) is 1. The van der Waals surface area contributed by atoms with Gasteiger partial charge in [-0.05, 0) is 48.2 Å². The number of ether oxygens (including phenoxy) is 1. The molecule has 3 nitrogen and oxygen atoms in total. The highest BCUT2D eigenvalue weighted by Gasteiger charge is 2.37. The predicted octanol–water partition coefficient (Wildman–Crippen LogP) is 4.38. The van der Waals surface area contributed by atoms with Crippen LogP contribution in [0.15, 0.2) is 48.5 Å². The van der Waals surface area contributed by atoms with Crippen molar-refractivity contribution >= 4 is 0 Å². The third kappa shape index (κ3) is 4.37. The first-order valence-corrected chi connectivity index (χ1v) is 8.75.